The molecule has 2 aromatic carbocycles. The molecular formula is C32H33N9O4S. The Bertz CT molecular complexity index is 1970. The number of amides is 2. The average molecular weight is 640 g/mol. The highest BCUT2D eigenvalue weighted by molar-refractivity contribution is 7.19. The Labute approximate surface area is 268 Å². The van der Waals surface area contributed by atoms with E-state index in [1.807, 2.05) is 67.4 Å². The number of nitrogens with one attached hydrogen (secondary N) is 2. The van der Waals surface area contributed by atoms with Crippen molar-refractivity contribution in [1.82, 2.24) is 30.2 Å². The minimum atomic E-state index is -0.554. The zero-order valence-electron chi connectivity index (χ0n) is 25.7. The number of amidine groups is 1. The molecule has 4 N–H and O–H groups in total. The molecule has 5 aromatic rings. The lowest BCUT2D eigenvalue weighted by molar-refractivity contribution is -0.121. The third kappa shape index (κ3) is 6.47. The highest BCUT2D eigenvalue weighted by Crippen LogP contribution is 2.32. The van der Waals surface area contributed by atoms with Crippen LogP contribution in [0.2, 0.25) is 0 Å². The number of aliphatic imine (C=N–C) groups is 1. The number of hydrogen-bond donors (Lipinski definition) is 3. The van der Waals surface area contributed by atoms with Crippen LogP contribution >= 0.6 is 11.3 Å². The van der Waals surface area contributed by atoms with Crippen LogP contribution in [0, 0.1) is 0 Å². The predicted molar refractivity (Wildman–Crippen MR) is 179 cm³/mol. The van der Waals surface area contributed by atoms with E-state index < -0.39 is 12.2 Å². The van der Waals surface area contributed by atoms with Gasteiger partial charge in [-0.15, -0.1) is 11.3 Å². The molecular weight excluding hydrogens is 606 g/mol. The van der Waals surface area contributed by atoms with Crippen molar-refractivity contribution < 1.29 is 19.1 Å². The first-order valence-corrected chi connectivity index (χ1v) is 15.4. The molecule has 0 saturated carbocycles. The Balaban J connectivity index is 1.02. The average Bonchev–Trinajstić information content (AvgIpc) is 3.75. The van der Waals surface area contributed by atoms with Crippen LogP contribution < -0.4 is 20.7 Å². The lowest BCUT2D eigenvalue weighted by Crippen LogP contribution is -2.43. The molecule has 3 aromatic heterocycles. The monoisotopic (exact) mass is 639 g/mol. The minimum Gasteiger partial charge on any atom is -0.471 e. The van der Waals surface area contributed by atoms with Gasteiger partial charge >= 0.3 is 6.09 Å². The number of alkyl carbamates (subject to hydrolysis) is 1. The summed E-state index contributed by atoms with van der Waals surface area (Å²) >= 11 is 1.59. The van der Waals surface area contributed by atoms with Crippen molar-refractivity contribution in [3.8, 4) is 5.88 Å². The molecule has 236 valence electrons. The maximum atomic E-state index is 12.9. The number of carbonyl (C=O) groups is 2. The maximum Gasteiger partial charge on any atom is 0.407 e. The number of nitrogens with two attached hydrogens (primary N) is 1. The molecule has 0 radical (unpaired) electrons. The number of aromatic nitrogens is 4. The molecule has 1 aliphatic heterocycles. The molecule has 4 heterocycles. The molecule has 1 unspecified atom stereocenters. The summed E-state index contributed by atoms with van der Waals surface area (Å²) in [6.07, 6.45) is 2.32. The van der Waals surface area contributed by atoms with Crippen LogP contribution in [0.25, 0.3) is 27.3 Å². The van der Waals surface area contributed by atoms with Crippen molar-refractivity contribution in [1.29, 1.82) is 0 Å². The van der Waals surface area contributed by atoms with Gasteiger partial charge in [-0.3, -0.25) is 9.69 Å². The van der Waals surface area contributed by atoms with Crippen LogP contribution in [0.15, 0.2) is 71.6 Å². The Morgan fingerprint density at radius 2 is 1.98 bits per heavy atom. The molecule has 6 rings (SSSR count). The van der Waals surface area contributed by atoms with Gasteiger partial charge < -0.3 is 30.4 Å². The van der Waals surface area contributed by atoms with E-state index in [4.69, 9.17) is 15.2 Å². The smallest absolute Gasteiger partial charge is 0.407 e. The molecule has 46 heavy (non-hydrogen) atoms. The Morgan fingerprint density at radius 3 is 2.78 bits per heavy atom. The van der Waals surface area contributed by atoms with Crippen molar-refractivity contribution in [2.75, 3.05) is 37.9 Å². The zero-order valence-corrected chi connectivity index (χ0v) is 26.5. The van der Waals surface area contributed by atoms with Crippen LogP contribution in [0.1, 0.15) is 24.3 Å². The molecule has 0 aliphatic carbocycles. The second-order valence-corrected chi connectivity index (χ2v) is 12.0. The molecule has 2 amide bonds. The topological polar surface area (TPSA) is 164 Å². The lowest BCUT2D eigenvalue weighted by atomic mass is 10.2. The number of nitrogen functional groups attached to an aromatic ring is 1. The highest BCUT2D eigenvalue weighted by Gasteiger charge is 2.28. The molecule has 0 spiro atoms. The second kappa shape index (κ2) is 12.9. The largest absolute Gasteiger partial charge is 0.471 e. The van der Waals surface area contributed by atoms with Gasteiger partial charge in [-0.05, 0) is 43.5 Å². The first-order valence-electron chi connectivity index (χ1n) is 14.6. The van der Waals surface area contributed by atoms with Gasteiger partial charge in [-0.2, -0.15) is 9.97 Å². The normalized spacial score (nSPS) is 15.3. The fourth-order valence-electron chi connectivity index (χ4n) is 4.86. The maximum absolute atomic E-state index is 12.9. The third-order valence-corrected chi connectivity index (χ3v) is 8.66. The zero-order chi connectivity index (χ0) is 32.4. The van der Waals surface area contributed by atoms with Gasteiger partial charge in [0.2, 0.25) is 11.8 Å². The number of aromatic amines is 1. The molecule has 0 fully saturated rings. The van der Waals surface area contributed by atoms with Crippen LogP contribution in [0.5, 0.6) is 5.88 Å². The van der Waals surface area contributed by atoms with E-state index in [9.17, 15) is 9.59 Å². The Hall–Kier alpha value is -5.50. The van der Waals surface area contributed by atoms with E-state index in [1.54, 1.807) is 30.2 Å². The van der Waals surface area contributed by atoms with Crippen LogP contribution in [-0.2, 0) is 9.53 Å². The van der Waals surface area contributed by atoms with Gasteiger partial charge in [0, 0.05) is 34.9 Å². The summed E-state index contributed by atoms with van der Waals surface area (Å²) in [5, 5.41) is 3.87. The van der Waals surface area contributed by atoms with Crippen LogP contribution in [-0.4, -0.2) is 82.1 Å². The first kappa shape index (κ1) is 30.5. The van der Waals surface area contributed by atoms with Crippen LogP contribution in [0.3, 0.4) is 0 Å². The number of rotatable bonds is 10. The Kier molecular flexibility index (Phi) is 8.53. The number of ether oxygens (including phenoxy) is 2. The Morgan fingerprint density at radius 1 is 1.17 bits per heavy atom. The summed E-state index contributed by atoms with van der Waals surface area (Å²) < 4.78 is 12.4. The number of anilines is 2. The van der Waals surface area contributed by atoms with E-state index in [1.165, 1.54) is 6.33 Å². The summed E-state index contributed by atoms with van der Waals surface area (Å²) in [5.41, 5.74) is 8.96. The van der Waals surface area contributed by atoms with Crippen molar-refractivity contribution in [2.24, 2.45) is 4.99 Å². The summed E-state index contributed by atoms with van der Waals surface area (Å²) in [4.78, 5) is 49.8. The molecule has 0 bridgehead atoms. The minimum absolute atomic E-state index is 0.0443. The third-order valence-electron chi connectivity index (χ3n) is 7.62. The number of likely N-dealkylation sites (N-methyl/N-ethyl adjacent to an activating group) is 2. The number of fused-ring (bicyclic) bond motifs is 2. The summed E-state index contributed by atoms with van der Waals surface area (Å²) in [6, 6.07) is 17.5. The fraction of sp³-hybridized carbons (Fsp3) is 0.250. The van der Waals surface area contributed by atoms with Crippen molar-refractivity contribution >= 4 is 68.1 Å². The van der Waals surface area contributed by atoms with E-state index in [2.05, 4.69) is 42.4 Å². The van der Waals surface area contributed by atoms with Gasteiger partial charge in [0.15, 0.2) is 5.65 Å². The predicted octanol–water partition coefficient (Wildman–Crippen LogP) is 4.43. The SMILES string of the molecule is CC(Oc1nc(N)nc2nc[nH]c12)[C@@H](C)NC(=O)OCCN(C)c1ccc2cc(/C=C3/N=C(c4ccccc4)N(C)C3=O)sc2c1. The second-order valence-electron chi connectivity index (χ2n) is 10.9. The van der Waals surface area contributed by atoms with Crippen molar-refractivity contribution in [2.45, 2.75) is 26.0 Å². The van der Waals surface area contributed by atoms with Crippen molar-refractivity contribution in [3.05, 3.63) is 77.1 Å². The number of thiophene rings is 1. The van der Waals surface area contributed by atoms with Gasteiger partial charge in [0.1, 0.15) is 29.8 Å². The van der Waals surface area contributed by atoms with Gasteiger partial charge in [-0.25, -0.2) is 14.8 Å². The lowest BCUT2D eigenvalue weighted by Gasteiger charge is -2.23. The quantitative estimate of drug-likeness (QED) is 0.188. The first-order chi connectivity index (χ1) is 22.2. The van der Waals surface area contributed by atoms with E-state index in [-0.39, 0.29) is 30.4 Å². The molecule has 2 atom stereocenters. The number of H-pyrrole nitrogens is 1. The van der Waals surface area contributed by atoms with Gasteiger partial charge in [0.25, 0.3) is 5.91 Å². The number of benzene rings is 2. The number of imidazole rings is 1. The van der Waals surface area contributed by atoms with E-state index in [0.717, 1.165) is 26.2 Å². The summed E-state index contributed by atoms with van der Waals surface area (Å²) in [6.45, 7) is 4.28. The summed E-state index contributed by atoms with van der Waals surface area (Å²) in [7, 11) is 3.68. The van der Waals surface area contributed by atoms with E-state index in [0.29, 0.717) is 29.2 Å². The van der Waals surface area contributed by atoms with E-state index >= 15 is 0 Å². The number of hydrogen-bond acceptors (Lipinski definition) is 11. The fourth-order valence-corrected chi connectivity index (χ4v) is 5.90. The molecule has 1 aliphatic rings. The number of carbonyl (C=O) groups excluding carboxylic acids is 2. The summed E-state index contributed by atoms with van der Waals surface area (Å²) in [5.74, 6) is 0.804. The molecule has 0 saturated heterocycles. The number of nitrogens with zero attached hydrogens (tertiary/aromatic N) is 6. The van der Waals surface area contributed by atoms with Gasteiger partial charge in [0.05, 0.1) is 18.9 Å². The van der Waals surface area contributed by atoms with Gasteiger partial charge in [-0.1, -0.05) is 36.4 Å². The van der Waals surface area contributed by atoms with Crippen molar-refractivity contribution in [3.63, 3.8) is 0 Å². The molecule has 14 heteroatoms. The highest BCUT2D eigenvalue weighted by atomic mass is 32.1. The molecule has 13 nitrogen and oxygen atoms in total. The standard InChI is InChI=1S/C32H33N9O4S/c1-18(19(2)45-29-26-27(35-17-34-26)38-31(33)39-29)36-32(43)44-13-12-40(3)22-11-10-21-14-23(46-25(21)15-22)16-24-30(42)41(4)28(37-24)20-8-6-5-7-9-20/h5-11,14-19H,12-13H2,1-4H3,(H,36,43)(H3,33,34,35,38,39)/b24-16+/t18-,19?/m1/s1. The van der Waals surface area contributed by atoms with Crippen LogP contribution in [0.4, 0.5) is 16.4 Å².